The van der Waals surface area contributed by atoms with Gasteiger partial charge in [-0.2, -0.15) is 0 Å². The first-order valence-electron chi connectivity index (χ1n) is 6.28. The number of benzene rings is 1. The average molecular weight is 284 g/mol. The van der Waals surface area contributed by atoms with Gasteiger partial charge in [-0.05, 0) is 23.6 Å². The second-order valence-electron chi connectivity index (χ2n) is 4.56. The van der Waals surface area contributed by atoms with Crippen LogP contribution in [0.2, 0.25) is 0 Å². The summed E-state index contributed by atoms with van der Waals surface area (Å²) in [5.74, 6) is 0.861. The molecule has 1 N–H and O–H groups in total. The molecule has 0 saturated carbocycles. The summed E-state index contributed by atoms with van der Waals surface area (Å²) in [5, 5.41) is 8.47. The van der Waals surface area contributed by atoms with Gasteiger partial charge in [0.2, 0.25) is 0 Å². The number of ether oxygens (including phenoxy) is 1. The summed E-state index contributed by atoms with van der Waals surface area (Å²) in [6.07, 6.45) is -0.0598. The molecular formula is C14H20O4S. The zero-order chi connectivity index (χ0) is 14.3. The minimum absolute atomic E-state index is 0.0598. The van der Waals surface area contributed by atoms with Gasteiger partial charge in [0, 0.05) is 16.6 Å². The van der Waals surface area contributed by atoms with Crippen molar-refractivity contribution in [1.29, 1.82) is 0 Å². The van der Waals surface area contributed by atoms with E-state index in [-0.39, 0.29) is 12.2 Å². The van der Waals surface area contributed by atoms with Crippen molar-refractivity contribution in [3.63, 3.8) is 0 Å². The maximum absolute atomic E-state index is 11.4. The molecule has 0 bridgehead atoms. The highest BCUT2D eigenvalue weighted by Gasteiger charge is 2.04. The van der Waals surface area contributed by atoms with Gasteiger partial charge in [0.05, 0.1) is 18.8 Å². The normalized spacial score (nSPS) is 12.4. The molecule has 4 nitrogen and oxygen atoms in total. The molecule has 106 valence electrons. The Morgan fingerprint density at radius 1 is 1.26 bits per heavy atom. The maximum atomic E-state index is 11.4. The number of rotatable bonds is 8. The zero-order valence-corrected chi connectivity index (χ0v) is 12.1. The molecule has 0 aromatic heterocycles. The molecule has 1 rings (SSSR count). The van der Waals surface area contributed by atoms with E-state index in [0.29, 0.717) is 18.3 Å². The van der Waals surface area contributed by atoms with Crippen molar-refractivity contribution in [1.82, 2.24) is 0 Å². The van der Waals surface area contributed by atoms with E-state index < -0.39 is 16.8 Å². The molecule has 19 heavy (non-hydrogen) atoms. The van der Waals surface area contributed by atoms with Crippen LogP contribution in [0.5, 0.6) is 5.75 Å². The molecule has 0 aliphatic heterocycles. The topological polar surface area (TPSA) is 63.6 Å². The van der Waals surface area contributed by atoms with Gasteiger partial charge >= 0.3 is 5.97 Å². The van der Waals surface area contributed by atoms with Gasteiger partial charge in [-0.1, -0.05) is 26.0 Å². The van der Waals surface area contributed by atoms with Crippen molar-refractivity contribution in [2.24, 2.45) is 0 Å². The Kier molecular flexibility index (Phi) is 6.56. The van der Waals surface area contributed by atoms with Crippen LogP contribution in [0.25, 0.3) is 0 Å². The molecular weight excluding hydrogens is 264 g/mol. The molecule has 1 aromatic carbocycles. The van der Waals surface area contributed by atoms with Gasteiger partial charge in [0.25, 0.3) is 0 Å². The lowest BCUT2D eigenvalue weighted by molar-refractivity contribution is -0.136. The van der Waals surface area contributed by atoms with Crippen molar-refractivity contribution >= 4 is 16.8 Å². The summed E-state index contributed by atoms with van der Waals surface area (Å²) in [6, 6.07) is 7.83. The van der Waals surface area contributed by atoms with Crippen molar-refractivity contribution in [2.75, 3.05) is 18.1 Å². The third kappa shape index (κ3) is 6.38. The first kappa shape index (κ1) is 15.7. The Hall–Kier alpha value is -1.36. The van der Waals surface area contributed by atoms with E-state index in [1.165, 1.54) is 5.56 Å². The summed E-state index contributed by atoms with van der Waals surface area (Å²) in [7, 11) is -1.13. The van der Waals surface area contributed by atoms with Crippen LogP contribution in [0, 0.1) is 0 Å². The summed E-state index contributed by atoms with van der Waals surface area (Å²) >= 11 is 0. The summed E-state index contributed by atoms with van der Waals surface area (Å²) < 4.78 is 16.9. The van der Waals surface area contributed by atoms with Crippen LogP contribution in [0.3, 0.4) is 0 Å². The summed E-state index contributed by atoms with van der Waals surface area (Å²) in [6.45, 7) is 4.59. The van der Waals surface area contributed by atoms with Gasteiger partial charge in [0.1, 0.15) is 5.75 Å². The van der Waals surface area contributed by atoms with E-state index >= 15 is 0 Å². The van der Waals surface area contributed by atoms with E-state index in [1.807, 2.05) is 24.3 Å². The largest absolute Gasteiger partial charge is 0.493 e. The van der Waals surface area contributed by atoms with E-state index in [1.54, 1.807) is 0 Å². The molecule has 1 unspecified atom stereocenters. The van der Waals surface area contributed by atoms with E-state index in [2.05, 4.69) is 13.8 Å². The zero-order valence-electron chi connectivity index (χ0n) is 11.3. The quantitative estimate of drug-likeness (QED) is 0.796. The molecule has 0 aliphatic carbocycles. The number of carboxylic acids is 1. The highest BCUT2D eigenvalue weighted by atomic mass is 32.2. The average Bonchev–Trinajstić information content (AvgIpc) is 2.37. The smallest absolute Gasteiger partial charge is 0.304 e. The van der Waals surface area contributed by atoms with Crippen molar-refractivity contribution in [2.45, 2.75) is 26.2 Å². The second kappa shape index (κ2) is 7.94. The predicted octanol–water partition coefficient (Wildman–Crippen LogP) is 2.41. The Bertz CT molecular complexity index is 426. The van der Waals surface area contributed by atoms with Gasteiger partial charge < -0.3 is 9.84 Å². The maximum Gasteiger partial charge on any atom is 0.304 e. The number of carbonyl (C=O) groups is 1. The van der Waals surface area contributed by atoms with Crippen LogP contribution in [0.4, 0.5) is 0 Å². The molecule has 5 heteroatoms. The highest BCUT2D eigenvalue weighted by molar-refractivity contribution is 7.85. The van der Waals surface area contributed by atoms with E-state index in [0.717, 1.165) is 5.75 Å². The van der Waals surface area contributed by atoms with Crippen molar-refractivity contribution in [3.05, 3.63) is 29.8 Å². The Morgan fingerprint density at radius 2 is 1.89 bits per heavy atom. The minimum atomic E-state index is -1.13. The van der Waals surface area contributed by atoms with Crippen molar-refractivity contribution in [3.8, 4) is 5.75 Å². The van der Waals surface area contributed by atoms with E-state index in [9.17, 15) is 9.00 Å². The number of carboxylic acid groups (broad SMARTS) is 1. The third-order valence-electron chi connectivity index (χ3n) is 2.67. The van der Waals surface area contributed by atoms with Crippen LogP contribution < -0.4 is 4.74 Å². The summed E-state index contributed by atoms with van der Waals surface area (Å²) in [4.78, 5) is 10.3. The molecule has 0 fully saturated rings. The first-order valence-corrected chi connectivity index (χ1v) is 7.77. The van der Waals surface area contributed by atoms with Crippen LogP contribution in [0.1, 0.15) is 31.7 Å². The van der Waals surface area contributed by atoms with Gasteiger partial charge in [-0.3, -0.25) is 9.00 Å². The fourth-order valence-corrected chi connectivity index (χ4v) is 2.38. The summed E-state index contributed by atoms with van der Waals surface area (Å²) in [5.41, 5.74) is 1.25. The molecule has 0 radical (unpaired) electrons. The Balaban J connectivity index is 2.29. The van der Waals surface area contributed by atoms with E-state index in [4.69, 9.17) is 9.84 Å². The molecule has 0 aliphatic rings. The lowest BCUT2D eigenvalue weighted by atomic mass is 10.0. The van der Waals surface area contributed by atoms with Gasteiger partial charge in [-0.25, -0.2) is 0 Å². The molecule has 0 saturated heterocycles. The molecule has 0 spiro atoms. The fraction of sp³-hybridized carbons (Fsp3) is 0.500. The monoisotopic (exact) mass is 284 g/mol. The molecule has 0 amide bonds. The SMILES string of the molecule is CC(C)c1ccc(OCCS(=O)CCC(=O)O)cc1. The fourth-order valence-electron chi connectivity index (χ4n) is 1.50. The number of hydrogen-bond donors (Lipinski definition) is 1. The Morgan fingerprint density at radius 3 is 2.42 bits per heavy atom. The van der Waals surface area contributed by atoms with Crippen molar-refractivity contribution < 1.29 is 18.8 Å². The number of aliphatic carboxylic acids is 1. The first-order chi connectivity index (χ1) is 8.99. The molecule has 0 heterocycles. The van der Waals surface area contributed by atoms with Gasteiger partial charge in [0.15, 0.2) is 0 Å². The van der Waals surface area contributed by atoms with Crippen LogP contribution in [-0.4, -0.2) is 33.4 Å². The minimum Gasteiger partial charge on any atom is -0.493 e. The lowest BCUT2D eigenvalue weighted by Gasteiger charge is -2.08. The van der Waals surface area contributed by atoms with Crippen LogP contribution >= 0.6 is 0 Å². The Labute approximate surface area is 116 Å². The molecule has 1 aromatic rings. The highest BCUT2D eigenvalue weighted by Crippen LogP contribution is 2.18. The molecule has 1 atom stereocenters. The lowest BCUT2D eigenvalue weighted by Crippen LogP contribution is -2.13. The van der Waals surface area contributed by atoms with Crippen LogP contribution in [-0.2, 0) is 15.6 Å². The second-order valence-corrected chi connectivity index (χ2v) is 6.26. The number of hydrogen-bond acceptors (Lipinski definition) is 3. The third-order valence-corrected chi connectivity index (χ3v) is 3.95. The van der Waals surface area contributed by atoms with Gasteiger partial charge in [-0.15, -0.1) is 0 Å². The standard InChI is InChI=1S/C14H20O4S/c1-11(2)12-3-5-13(6-4-12)18-8-10-19(17)9-7-14(15)16/h3-6,11H,7-10H2,1-2H3,(H,15,16). The van der Waals surface area contributed by atoms with Crippen LogP contribution in [0.15, 0.2) is 24.3 Å². The predicted molar refractivity (Wildman–Crippen MR) is 76.2 cm³/mol.